The first-order chi connectivity index (χ1) is 7.91. The number of hydrogen-bond acceptors (Lipinski definition) is 2. The molecule has 0 heterocycles. The van der Waals surface area contributed by atoms with Crippen molar-refractivity contribution in [3.05, 3.63) is 34.6 Å². The molecule has 0 unspecified atom stereocenters. The van der Waals surface area contributed by atoms with Crippen molar-refractivity contribution in [1.29, 1.82) is 0 Å². The van der Waals surface area contributed by atoms with Gasteiger partial charge in [-0.15, -0.1) is 0 Å². The molecular formula is C11H12ClFN2O2. The van der Waals surface area contributed by atoms with Crippen LogP contribution in [0.3, 0.4) is 0 Å². The summed E-state index contributed by atoms with van der Waals surface area (Å²) in [6.45, 7) is 0.309. The molecule has 0 aliphatic carbocycles. The Bertz CT molecular complexity index is 451. The molecule has 6 heteroatoms. The van der Waals surface area contributed by atoms with Crippen molar-refractivity contribution in [2.24, 2.45) is 5.73 Å². The number of hydrogen-bond donors (Lipinski definition) is 1. The number of halogens is 2. The Morgan fingerprint density at radius 2 is 2.12 bits per heavy atom. The monoisotopic (exact) mass is 258 g/mol. The van der Waals surface area contributed by atoms with E-state index in [0.717, 1.165) is 5.56 Å². The molecule has 1 aromatic rings. The number of carbonyl (C=O) groups is 2. The second-order valence-corrected chi connectivity index (χ2v) is 4.00. The van der Waals surface area contributed by atoms with Crippen LogP contribution in [0.2, 0.25) is 5.02 Å². The molecule has 4 nitrogen and oxygen atoms in total. The zero-order valence-electron chi connectivity index (χ0n) is 9.24. The van der Waals surface area contributed by atoms with E-state index < -0.39 is 17.6 Å². The summed E-state index contributed by atoms with van der Waals surface area (Å²) in [4.78, 5) is 23.0. The molecule has 0 saturated carbocycles. The minimum atomic E-state index is -0.996. The Hall–Kier alpha value is -1.62. The smallest absolute Gasteiger partial charge is 0.311 e. The maximum absolute atomic E-state index is 12.9. The first-order valence-electron chi connectivity index (χ1n) is 4.90. The third-order valence-corrected chi connectivity index (χ3v) is 2.57. The van der Waals surface area contributed by atoms with Crippen LogP contribution >= 0.6 is 11.6 Å². The quantitative estimate of drug-likeness (QED) is 0.821. The van der Waals surface area contributed by atoms with Gasteiger partial charge in [-0.25, -0.2) is 4.39 Å². The van der Waals surface area contributed by atoms with Gasteiger partial charge in [-0.3, -0.25) is 9.59 Å². The minimum absolute atomic E-state index is 0.0337. The van der Waals surface area contributed by atoms with Gasteiger partial charge in [0, 0.05) is 13.6 Å². The van der Waals surface area contributed by atoms with Gasteiger partial charge < -0.3 is 10.6 Å². The molecule has 2 amide bonds. The van der Waals surface area contributed by atoms with Crippen molar-refractivity contribution < 1.29 is 14.0 Å². The fraction of sp³-hybridized carbons (Fsp3) is 0.273. The van der Waals surface area contributed by atoms with Crippen LogP contribution in [-0.2, 0) is 16.0 Å². The van der Waals surface area contributed by atoms with Crippen molar-refractivity contribution >= 4 is 23.4 Å². The van der Waals surface area contributed by atoms with Crippen molar-refractivity contribution in [2.75, 3.05) is 13.6 Å². The van der Waals surface area contributed by atoms with Crippen LogP contribution in [0.5, 0.6) is 0 Å². The molecule has 0 spiro atoms. The van der Waals surface area contributed by atoms with Gasteiger partial charge in [0.25, 0.3) is 0 Å². The van der Waals surface area contributed by atoms with Crippen LogP contribution in [0, 0.1) is 5.82 Å². The van der Waals surface area contributed by atoms with Gasteiger partial charge in [0.2, 0.25) is 0 Å². The molecular weight excluding hydrogens is 247 g/mol. The van der Waals surface area contributed by atoms with Crippen molar-refractivity contribution in [1.82, 2.24) is 4.90 Å². The second-order valence-electron chi connectivity index (χ2n) is 3.59. The largest absolute Gasteiger partial charge is 0.361 e. The molecule has 0 saturated heterocycles. The Labute approximate surface area is 103 Å². The molecule has 0 radical (unpaired) electrons. The van der Waals surface area contributed by atoms with Gasteiger partial charge in [-0.1, -0.05) is 17.7 Å². The predicted octanol–water partition coefficient (Wildman–Crippen LogP) is 0.965. The summed E-state index contributed by atoms with van der Waals surface area (Å²) in [6.07, 6.45) is 0.468. The summed E-state index contributed by atoms with van der Waals surface area (Å²) >= 11 is 5.61. The van der Waals surface area contributed by atoms with E-state index >= 15 is 0 Å². The first kappa shape index (κ1) is 13.4. The summed E-state index contributed by atoms with van der Waals surface area (Å²) in [5.74, 6) is -2.24. The van der Waals surface area contributed by atoms with Crippen LogP contribution in [0.25, 0.3) is 0 Å². The van der Waals surface area contributed by atoms with Gasteiger partial charge in [0.05, 0.1) is 5.02 Å². The van der Waals surface area contributed by atoms with Crippen molar-refractivity contribution in [3.63, 3.8) is 0 Å². The lowest BCUT2D eigenvalue weighted by molar-refractivity contribution is -0.143. The fourth-order valence-electron chi connectivity index (χ4n) is 1.28. The van der Waals surface area contributed by atoms with Crippen LogP contribution in [0.1, 0.15) is 5.56 Å². The highest BCUT2D eigenvalue weighted by atomic mass is 35.5. The molecule has 0 aliphatic heterocycles. The molecule has 1 aromatic carbocycles. The first-order valence-corrected chi connectivity index (χ1v) is 5.28. The van der Waals surface area contributed by atoms with E-state index in [1.54, 1.807) is 6.07 Å². The van der Waals surface area contributed by atoms with Gasteiger partial charge in [0.1, 0.15) is 5.82 Å². The number of likely N-dealkylation sites (N-methyl/N-ethyl adjacent to an activating group) is 1. The number of primary amides is 1. The number of nitrogens with two attached hydrogens (primary N) is 1. The van der Waals surface area contributed by atoms with Gasteiger partial charge in [0.15, 0.2) is 0 Å². The lowest BCUT2D eigenvalue weighted by Crippen LogP contribution is -2.38. The second kappa shape index (κ2) is 5.63. The maximum Gasteiger partial charge on any atom is 0.311 e. The van der Waals surface area contributed by atoms with Gasteiger partial charge >= 0.3 is 11.8 Å². The Morgan fingerprint density at radius 3 is 2.65 bits per heavy atom. The normalized spacial score (nSPS) is 10.1. The van der Waals surface area contributed by atoms with E-state index in [2.05, 4.69) is 0 Å². The van der Waals surface area contributed by atoms with E-state index in [0.29, 0.717) is 13.0 Å². The van der Waals surface area contributed by atoms with Crippen LogP contribution in [0.4, 0.5) is 4.39 Å². The highest BCUT2D eigenvalue weighted by Crippen LogP contribution is 2.16. The highest BCUT2D eigenvalue weighted by Gasteiger charge is 2.14. The topological polar surface area (TPSA) is 63.4 Å². The lowest BCUT2D eigenvalue weighted by atomic mass is 10.1. The van der Waals surface area contributed by atoms with E-state index in [4.69, 9.17) is 17.3 Å². The van der Waals surface area contributed by atoms with Crippen molar-refractivity contribution in [3.8, 4) is 0 Å². The summed E-state index contributed by atoms with van der Waals surface area (Å²) in [5, 5.41) is 0.0337. The molecule has 1 rings (SSSR count). The average molecular weight is 259 g/mol. The summed E-state index contributed by atoms with van der Waals surface area (Å²) in [5.41, 5.74) is 5.63. The molecule has 0 bridgehead atoms. The van der Waals surface area contributed by atoms with Crippen molar-refractivity contribution in [2.45, 2.75) is 6.42 Å². The zero-order chi connectivity index (χ0) is 13.0. The third-order valence-electron chi connectivity index (χ3n) is 2.28. The number of rotatable bonds is 3. The summed E-state index contributed by atoms with van der Waals surface area (Å²) < 4.78 is 12.9. The highest BCUT2D eigenvalue weighted by molar-refractivity contribution is 6.34. The number of amides is 2. The summed E-state index contributed by atoms with van der Waals surface area (Å²) in [6, 6.07) is 4.32. The molecule has 0 atom stereocenters. The van der Waals surface area contributed by atoms with Gasteiger partial charge in [-0.05, 0) is 24.1 Å². The number of nitrogens with zero attached hydrogens (tertiary/aromatic N) is 1. The lowest BCUT2D eigenvalue weighted by Gasteiger charge is -2.14. The Morgan fingerprint density at radius 1 is 1.47 bits per heavy atom. The number of benzene rings is 1. The predicted molar refractivity (Wildman–Crippen MR) is 61.9 cm³/mol. The Kier molecular flexibility index (Phi) is 4.45. The van der Waals surface area contributed by atoms with Crippen LogP contribution in [0.15, 0.2) is 18.2 Å². The maximum atomic E-state index is 12.9. The minimum Gasteiger partial charge on any atom is -0.361 e. The molecule has 2 N–H and O–H groups in total. The van der Waals surface area contributed by atoms with E-state index in [1.165, 1.54) is 24.1 Å². The van der Waals surface area contributed by atoms with Crippen LogP contribution in [-0.4, -0.2) is 30.3 Å². The molecule has 92 valence electrons. The number of carbonyl (C=O) groups excluding carboxylic acids is 2. The third kappa shape index (κ3) is 3.71. The molecule has 0 fully saturated rings. The fourth-order valence-corrected chi connectivity index (χ4v) is 1.48. The molecule has 17 heavy (non-hydrogen) atoms. The van der Waals surface area contributed by atoms with E-state index in [-0.39, 0.29) is 5.02 Å². The van der Waals surface area contributed by atoms with E-state index in [1.807, 2.05) is 0 Å². The molecule has 0 aliphatic rings. The SMILES string of the molecule is CN(CCc1ccc(F)c(Cl)c1)C(=O)C(N)=O. The standard InChI is InChI=1S/C11H12ClFN2O2/c1-15(11(17)10(14)16)5-4-7-2-3-9(13)8(12)6-7/h2-3,6H,4-5H2,1H3,(H2,14,16). The average Bonchev–Trinajstić information content (AvgIpc) is 2.29. The molecule has 0 aromatic heterocycles. The zero-order valence-corrected chi connectivity index (χ0v) is 10.00. The van der Waals surface area contributed by atoms with Gasteiger partial charge in [-0.2, -0.15) is 0 Å². The van der Waals surface area contributed by atoms with E-state index in [9.17, 15) is 14.0 Å². The Balaban J connectivity index is 2.58. The van der Waals surface area contributed by atoms with Crippen LogP contribution < -0.4 is 5.73 Å². The summed E-state index contributed by atoms with van der Waals surface area (Å²) in [7, 11) is 1.47.